The van der Waals surface area contributed by atoms with Crippen LogP contribution in [-0.4, -0.2) is 60.2 Å². The SMILES string of the molecule is CC(=O)OC[C@H]1O[C@@H](O[N+](=O)[O-])[C@H](N=[N+]=[N-])[C@@H](OC(C)=O)[C@@H]1OC(C)=O. The predicted molar refractivity (Wildman–Crippen MR) is 77.4 cm³/mol. The number of esters is 3. The van der Waals surface area contributed by atoms with Crippen molar-refractivity contribution in [1.82, 2.24) is 0 Å². The van der Waals surface area contributed by atoms with Crippen LogP contribution in [0.1, 0.15) is 20.8 Å². The molecule has 14 nitrogen and oxygen atoms in total. The maximum atomic E-state index is 11.4. The summed E-state index contributed by atoms with van der Waals surface area (Å²) in [5.41, 5.74) is 8.69. The van der Waals surface area contributed by atoms with E-state index in [1.807, 2.05) is 0 Å². The molecule has 144 valence electrons. The number of azide groups is 1. The van der Waals surface area contributed by atoms with Gasteiger partial charge in [-0.15, -0.1) is 10.1 Å². The topological polar surface area (TPSA) is 189 Å². The second-order valence-corrected chi connectivity index (χ2v) is 5.02. The summed E-state index contributed by atoms with van der Waals surface area (Å²) < 4.78 is 20.1. The van der Waals surface area contributed by atoms with E-state index in [9.17, 15) is 24.5 Å². The number of ether oxygens (including phenoxy) is 4. The van der Waals surface area contributed by atoms with Gasteiger partial charge in [0.15, 0.2) is 12.2 Å². The summed E-state index contributed by atoms with van der Waals surface area (Å²) >= 11 is 0. The van der Waals surface area contributed by atoms with Gasteiger partial charge in [0.05, 0.1) is 0 Å². The zero-order chi connectivity index (χ0) is 19.9. The van der Waals surface area contributed by atoms with E-state index < -0.39 is 60.2 Å². The molecule has 0 unspecified atom stereocenters. The van der Waals surface area contributed by atoms with E-state index in [4.69, 9.17) is 24.5 Å². The van der Waals surface area contributed by atoms with Gasteiger partial charge in [-0.25, -0.2) is 0 Å². The minimum atomic E-state index is -1.79. The van der Waals surface area contributed by atoms with Gasteiger partial charge < -0.3 is 18.9 Å². The van der Waals surface area contributed by atoms with Gasteiger partial charge in [-0.1, -0.05) is 5.11 Å². The number of hydrogen-bond acceptors (Lipinski definition) is 11. The zero-order valence-corrected chi connectivity index (χ0v) is 14.0. The Kier molecular flexibility index (Phi) is 7.55. The average molecular weight is 376 g/mol. The molecule has 26 heavy (non-hydrogen) atoms. The van der Waals surface area contributed by atoms with Crippen LogP contribution in [0.25, 0.3) is 10.4 Å². The minimum Gasteiger partial charge on any atom is -0.463 e. The van der Waals surface area contributed by atoms with Gasteiger partial charge in [-0.3, -0.25) is 19.2 Å². The molecule has 0 aromatic carbocycles. The van der Waals surface area contributed by atoms with E-state index in [-0.39, 0.29) is 0 Å². The van der Waals surface area contributed by atoms with Crippen LogP contribution in [0, 0.1) is 10.1 Å². The van der Waals surface area contributed by atoms with Crippen LogP contribution in [0.2, 0.25) is 0 Å². The molecule has 14 heteroatoms. The first-order valence-corrected chi connectivity index (χ1v) is 7.14. The van der Waals surface area contributed by atoms with Crippen molar-refractivity contribution in [2.75, 3.05) is 6.61 Å². The van der Waals surface area contributed by atoms with Gasteiger partial charge >= 0.3 is 17.9 Å². The molecule has 1 aliphatic rings. The Hall–Kier alpha value is -3.12. The number of hydrogen-bond donors (Lipinski definition) is 0. The summed E-state index contributed by atoms with van der Waals surface area (Å²) in [5, 5.41) is 12.8. The van der Waals surface area contributed by atoms with Gasteiger partial charge in [-0.05, 0) is 5.53 Å². The molecule has 0 saturated carbocycles. The quantitative estimate of drug-likeness (QED) is 0.111. The molecule has 0 radical (unpaired) electrons. The normalized spacial score (nSPS) is 27.4. The molecular weight excluding hydrogens is 360 g/mol. The Bertz CT molecular complexity index is 619. The fraction of sp³-hybridized carbons (Fsp3) is 0.750. The van der Waals surface area contributed by atoms with Gasteiger partial charge in [0.2, 0.25) is 6.29 Å². The van der Waals surface area contributed by atoms with Crippen molar-refractivity contribution >= 4 is 17.9 Å². The molecule has 0 aromatic heterocycles. The molecule has 0 N–H and O–H groups in total. The Balaban J connectivity index is 3.28. The summed E-state index contributed by atoms with van der Waals surface area (Å²) in [6.07, 6.45) is -5.94. The van der Waals surface area contributed by atoms with Crippen LogP contribution < -0.4 is 0 Å². The Morgan fingerprint density at radius 3 is 2.19 bits per heavy atom. The van der Waals surface area contributed by atoms with Crippen LogP contribution in [0.5, 0.6) is 0 Å². The molecule has 1 fully saturated rings. The summed E-state index contributed by atoms with van der Waals surface area (Å²) in [7, 11) is 0. The second-order valence-electron chi connectivity index (χ2n) is 5.02. The average Bonchev–Trinajstić information content (AvgIpc) is 2.49. The lowest BCUT2D eigenvalue weighted by Crippen LogP contribution is -2.61. The lowest BCUT2D eigenvalue weighted by molar-refractivity contribution is -0.783. The van der Waals surface area contributed by atoms with E-state index in [0.717, 1.165) is 20.8 Å². The molecule has 5 atom stereocenters. The second kappa shape index (κ2) is 9.39. The highest BCUT2D eigenvalue weighted by atomic mass is 17.0. The Labute approximate surface area is 146 Å². The lowest BCUT2D eigenvalue weighted by atomic mass is 9.97. The summed E-state index contributed by atoms with van der Waals surface area (Å²) in [6, 6.07) is -1.55. The van der Waals surface area contributed by atoms with Gasteiger partial charge in [0, 0.05) is 25.7 Å². The first kappa shape index (κ1) is 20.9. The van der Waals surface area contributed by atoms with Crippen molar-refractivity contribution in [1.29, 1.82) is 0 Å². The molecule has 1 rings (SSSR count). The number of nitrogens with zero attached hydrogens (tertiary/aromatic N) is 4. The first-order chi connectivity index (χ1) is 12.1. The van der Waals surface area contributed by atoms with Gasteiger partial charge in [0.1, 0.15) is 18.8 Å². The maximum absolute atomic E-state index is 11.4. The van der Waals surface area contributed by atoms with E-state index in [0.29, 0.717) is 0 Å². The van der Waals surface area contributed by atoms with Crippen molar-refractivity contribution in [3.8, 4) is 0 Å². The zero-order valence-electron chi connectivity index (χ0n) is 14.0. The molecule has 1 aliphatic heterocycles. The molecule has 0 aliphatic carbocycles. The summed E-state index contributed by atoms with van der Waals surface area (Å²) in [4.78, 5) is 51.3. The number of carbonyl (C=O) groups excluding carboxylic acids is 3. The van der Waals surface area contributed by atoms with Crippen LogP contribution in [0.15, 0.2) is 5.11 Å². The predicted octanol–water partition coefficient (Wildman–Crippen LogP) is 0.0250. The van der Waals surface area contributed by atoms with E-state index in [1.54, 1.807) is 0 Å². The van der Waals surface area contributed by atoms with Crippen molar-refractivity contribution in [3.05, 3.63) is 20.6 Å². The largest absolute Gasteiger partial charge is 0.463 e. The molecule has 0 aromatic rings. The highest BCUT2D eigenvalue weighted by Crippen LogP contribution is 2.29. The number of carbonyl (C=O) groups is 3. The molecule has 1 heterocycles. The molecule has 0 spiro atoms. The van der Waals surface area contributed by atoms with Crippen molar-refractivity contribution in [3.63, 3.8) is 0 Å². The van der Waals surface area contributed by atoms with E-state index in [2.05, 4.69) is 14.9 Å². The van der Waals surface area contributed by atoms with Crippen molar-refractivity contribution in [2.24, 2.45) is 5.11 Å². The fourth-order valence-electron chi connectivity index (χ4n) is 2.24. The standard InChI is InChI=1S/C12H16N4O10/c1-5(17)22-4-8-10(23-6(2)18)11(24-7(3)19)9(14-15-13)12(25-8)26-16(20)21/h8-12H,4H2,1-3H3/t8-,9-,10-,11-,12+/m1/s1. The minimum absolute atomic E-state index is 0.494. The molecular formula is C12H16N4O10. The monoisotopic (exact) mass is 376 g/mol. The van der Waals surface area contributed by atoms with Crippen LogP contribution >= 0.6 is 0 Å². The van der Waals surface area contributed by atoms with Crippen LogP contribution in [0.4, 0.5) is 0 Å². The third kappa shape index (κ3) is 6.07. The third-order valence-corrected chi connectivity index (χ3v) is 3.04. The van der Waals surface area contributed by atoms with Gasteiger partial charge in [0.25, 0.3) is 5.09 Å². The summed E-state index contributed by atoms with van der Waals surface area (Å²) in [6.45, 7) is 2.68. The molecule has 0 amide bonds. The lowest BCUT2D eigenvalue weighted by Gasteiger charge is -2.42. The van der Waals surface area contributed by atoms with Crippen LogP contribution in [0.3, 0.4) is 0 Å². The van der Waals surface area contributed by atoms with E-state index in [1.165, 1.54) is 0 Å². The fourth-order valence-corrected chi connectivity index (χ4v) is 2.24. The smallest absolute Gasteiger partial charge is 0.303 e. The van der Waals surface area contributed by atoms with Crippen LogP contribution in [-0.2, 0) is 38.2 Å². The first-order valence-electron chi connectivity index (χ1n) is 7.14. The highest BCUT2D eigenvalue weighted by molar-refractivity contribution is 5.68. The number of rotatable bonds is 7. The van der Waals surface area contributed by atoms with Crippen molar-refractivity contribution in [2.45, 2.75) is 51.4 Å². The molecule has 0 bridgehead atoms. The summed E-state index contributed by atoms with van der Waals surface area (Å²) in [5.74, 6) is -2.36. The third-order valence-electron chi connectivity index (χ3n) is 3.04. The Morgan fingerprint density at radius 2 is 1.73 bits per heavy atom. The van der Waals surface area contributed by atoms with E-state index >= 15 is 0 Å². The maximum Gasteiger partial charge on any atom is 0.303 e. The van der Waals surface area contributed by atoms with Crippen molar-refractivity contribution < 1.29 is 43.3 Å². The molecule has 1 saturated heterocycles. The Morgan fingerprint density at radius 1 is 1.15 bits per heavy atom. The van der Waals surface area contributed by atoms with Gasteiger partial charge in [-0.2, -0.15) is 0 Å². The highest BCUT2D eigenvalue weighted by Gasteiger charge is 2.51.